The van der Waals surface area contributed by atoms with Crippen LogP contribution in [-0.2, 0) is 5.41 Å². The van der Waals surface area contributed by atoms with Crippen LogP contribution in [0.25, 0.3) is 11.1 Å². The zero-order valence-electron chi connectivity index (χ0n) is 25.4. The van der Waals surface area contributed by atoms with E-state index >= 15 is 0 Å². The number of nitrogens with one attached hydrogen (secondary N) is 2. The van der Waals surface area contributed by atoms with Gasteiger partial charge in [0.05, 0.1) is 22.8 Å². The van der Waals surface area contributed by atoms with E-state index in [-0.39, 0.29) is 5.41 Å². The molecule has 4 heteroatoms. The molecule has 1 aliphatic carbocycles. The molecule has 0 atom stereocenters. The maximum atomic E-state index is 4.90. The zero-order chi connectivity index (χ0) is 30.6. The summed E-state index contributed by atoms with van der Waals surface area (Å²) in [6.45, 7) is 4.58. The summed E-state index contributed by atoms with van der Waals surface area (Å²) in [6, 6.07) is 54.3. The average molecular weight is 583 g/mol. The summed E-state index contributed by atoms with van der Waals surface area (Å²) in [7, 11) is 0. The molecule has 4 nitrogen and oxygen atoms in total. The van der Waals surface area contributed by atoms with Gasteiger partial charge in [0.2, 0.25) is 0 Å². The molecule has 0 aromatic heterocycles. The lowest BCUT2D eigenvalue weighted by atomic mass is 9.82. The standard InChI is InChI=1S/C41H34N4/c1-41(2)37-27-33(42-44-39(29-15-7-3-8-16-29)30-17-9-4-10-18-30)23-25-35(37)36-26-24-34(28-38(36)41)43-45-40(31-19-11-5-12-20-31)32-21-13-6-14-22-32/h3-28,42-43H,1-2H3. The van der Waals surface area contributed by atoms with Gasteiger partial charge in [0.15, 0.2) is 0 Å². The van der Waals surface area contributed by atoms with Crippen molar-refractivity contribution in [1.82, 2.24) is 0 Å². The fraction of sp³-hybridized carbons (Fsp3) is 0.0732. The smallest absolute Gasteiger partial charge is 0.0977 e. The second-order valence-electron chi connectivity index (χ2n) is 11.8. The first-order valence-electron chi connectivity index (χ1n) is 15.3. The fourth-order valence-electron chi connectivity index (χ4n) is 6.09. The van der Waals surface area contributed by atoms with Crippen molar-refractivity contribution in [3.05, 3.63) is 191 Å². The molecule has 0 unspecified atom stereocenters. The number of nitrogens with zero attached hydrogens (tertiary/aromatic N) is 2. The molecule has 1 aliphatic rings. The van der Waals surface area contributed by atoms with Gasteiger partial charge in [0, 0.05) is 27.7 Å². The van der Waals surface area contributed by atoms with Gasteiger partial charge in [-0.15, -0.1) is 0 Å². The van der Waals surface area contributed by atoms with Crippen molar-refractivity contribution in [3.8, 4) is 11.1 Å². The summed E-state index contributed by atoms with van der Waals surface area (Å²) in [5.41, 5.74) is 19.6. The Balaban J connectivity index is 1.18. The third-order valence-corrected chi connectivity index (χ3v) is 8.46. The first kappa shape index (κ1) is 28.1. The maximum absolute atomic E-state index is 4.90. The van der Waals surface area contributed by atoms with Gasteiger partial charge >= 0.3 is 0 Å². The minimum absolute atomic E-state index is 0.198. The summed E-state index contributed by atoms with van der Waals surface area (Å²) in [6.07, 6.45) is 0. The molecule has 0 aliphatic heterocycles. The number of benzene rings is 6. The van der Waals surface area contributed by atoms with Crippen LogP contribution in [0.15, 0.2) is 168 Å². The highest BCUT2D eigenvalue weighted by Gasteiger charge is 2.35. The quantitative estimate of drug-likeness (QED) is 0.139. The van der Waals surface area contributed by atoms with Crippen LogP contribution in [0.3, 0.4) is 0 Å². The molecule has 7 rings (SSSR count). The van der Waals surface area contributed by atoms with E-state index in [1.807, 2.05) is 72.8 Å². The normalized spacial score (nSPS) is 12.4. The number of fused-ring (bicyclic) bond motifs is 3. The molecule has 218 valence electrons. The van der Waals surface area contributed by atoms with E-state index in [9.17, 15) is 0 Å². The highest BCUT2D eigenvalue weighted by molar-refractivity contribution is 6.13. The zero-order valence-corrected chi connectivity index (χ0v) is 25.4. The molecular weight excluding hydrogens is 548 g/mol. The predicted molar refractivity (Wildman–Crippen MR) is 188 cm³/mol. The average Bonchev–Trinajstić information content (AvgIpc) is 3.32. The topological polar surface area (TPSA) is 48.8 Å². The summed E-state index contributed by atoms with van der Waals surface area (Å²) in [5, 5.41) is 9.81. The van der Waals surface area contributed by atoms with Crippen LogP contribution < -0.4 is 10.9 Å². The maximum Gasteiger partial charge on any atom is 0.0977 e. The second-order valence-corrected chi connectivity index (χ2v) is 11.8. The summed E-state index contributed by atoms with van der Waals surface area (Å²) in [4.78, 5) is 0. The van der Waals surface area contributed by atoms with Crippen molar-refractivity contribution in [1.29, 1.82) is 0 Å². The van der Waals surface area contributed by atoms with Gasteiger partial charge in [-0.2, -0.15) is 10.2 Å². The van der Waals surface area contributed by atoms with Gasteiger partial charge in [0.1, 0.15) is 0 Å². The van der Waals surface area contributed by atoms with Gasteiger partial charge in [-0.1, -0.05) is 147 Å². The Morgan fingerprint density at radius 1 is 0.422 bits per heavy atom. The highest BCUT2D eigenvalue weighted by atomic mass is 15.3. The molecule has 0 radical (unpaired) electrons. The van der Waals surface area contributed by atoms with E-state index in [1.54, 1.807) is 0 Å². The predicted octanol–water partition coefficient (Wildman–Crippen LogP) is 9.72. The molecule has 0 bridgehead atoms. The van der Waals surface area contributed by atoms with Gasteiger partial charge in [-0.3, -0.25) is 10.9 Å². The first-order valence-corrected chi connectivity index (χ1v) is 15.3. The summed E-state index contributed by atoms with van der Waals surface area (Å²) >= 11 is 0. The van der Waals surface area contributed by atoms with Crippen LogP contribution in [0.4, 0.5) is 11.4 Å². The van der Waals surface area contributed by atoms with Crippen molar-refractivity contribution in [2.75, 3.05) is 10.9 Å². The van der Waals surface area contributed by atoms with Gasteiger partial charge in [-0.05, 0) is 46.5 Å². The molecule has 6 aromatic rings. The van der Waals surface area contributed by atoms with Crippen molar-refractivity contribution < 1.29 is 0 Å². The molecule has 0 saturated heterocycles. The van der Waals surface area contributed by atoms with Gasteiger partial charge in [0.25, 0.3) is 0 Å². The summed E-state index contributed by atoms with van der Waals surface area (Å²) in [5.74, 6) is 0. The molecule has 0 saturated carbocycles. The Morgan fingerprint density at radius 3 is 1.04 bits per heavy atom. The van der Waals surface area contributed by atoms with Crippen molar-refractivity contribution in [2.45, 2.75) is 19.3 Å². The molecule has 0 amide bonds. The third-order valence-electron chi connectivity index (χ3n) is 8.46. The molecule has 0 heterocycles. The van der Waals surface area contributed by atoms with Gasteiger partial charge in [-0.25, -0.2) is 0 Å². The Labute approximate surface area is 264 Å². The lowest BCUT2D eigenvalue weighted by Gasteiger charge is -2.22. The minimum Gasteiger partial charge on any atom is -0.278 e. The van der Waals surface area contributed by atoms with E-state index < -0.39 is 0 Å². The Morgan fingerprint density at radius 2 is 0.733 bits per heavy atom. The van der Waals surface area contributed by atoms with E-state index in [4.69, 9.17) is 10.2 Å². The Bertz CT molecular complexity index is 1770. The number of hydrazone groups is 2. The van der Waals surface area contributed by atoms with Crippen LogP contribution in [0.2, 0.25) is 0 Å². The van der Waals surface area contributed by atoms with E-state index in [0.717, 1.165) is 45.1 Å². The third kappa shape index (κ3) is 5.66. The van der Waals surface area contributed by atoms with Crippen LogP contribution in [0.5, 0.6) is 0 Å². The molecule has 6 aromatic carbocycles. The van der Waals surface area contributed by atoms with Gasteiger partial charge < -0.3 is 0 Å². The van der Waals surface area contributed by atoms with E-state index in [0.29, 0.717) is 0 Å². The Kier molecular flexibility index (Phi) is 7.54. The summed E-state index contributed by atoms with van der Waals surface area (Å²) < 4.78 is 0. The monoisotopic (exact) mass is 582 g/mol. The first-order chi connectivity index (χ1) is 22.1. The molecule has 2 N–H and O–H groups in total. The second kappa shape index (κ2) is 12.1. The SMILES string of the molecule is CC1(C)c2cc(NN=C(c3ccccc3)c3ccccc3)ccc2-c2ccc(NN=C(c3ccccc3)c3ccccc3)cc21. The number of rotatable bonds is 8. The number of hydrogen-bond donors (Lipinski definition) is 2. The van der Waals surface area contributed by atoms with Crippen LogP contribution in [0, 0.1) is 0 Å². The van der Waals surface area contributed by atoms with E-state index in [1.165, 1.54) is 22.3 Å². The van der Waals surface area contributed by atoms with Crippen molar-refractivity contribution >= 4 is 22.8 Å². The lowest BCUT2D eigenvalue weighted by Crippen LogP contribution is -2.15. The van der Waals surface area contributed by atoms with Crippen LogP contribution in [0.1, 0.15) is 47.2 Å². The van der Waals surface area contributed by atoms with Crippen molar-refractivity contribution in [3.63, 3.8) is 0 Å². The van der Waals surface area contributed by atoms with E-state index in [2.05, 4.69) is 110 Å². The van der Waals surface area contributed by atoms with Crippen LogP contribution in [-0.4, -0.2) is 11.4 Å². The number of hydrogen-bond acceptors (Lipinski definition) is 4. The van der Waals surface area contributed by atoms with Crippen LogP contribution >= 0.6 is 0 Å². The largest absolute Gasteiger partial charge is 0.278 e. The number of anilines is 2. The molecule has 45 heavy (non-hydrogen) atoms. The molecule has 0 spiro atoms. The fourth-order valence-corrected chi connectivity index (χ4v) is 6.09. The lowest BCUT2D eigenvalue weighted by molar-refractivity contribution is 0.661. The molecular formula is C41H34N4. The molecule has 0 fully saturated rings. The van der Waals surface area contributed by atoms with Crippen molar-refractivity contribution in [2.24, 2.45) is 10.2 Å². The Hall–Kier alpha value is -5.74. The minimum atomic E-state index is -0.198. The highest BCUT2D eigenvalue weighted by Crippen LogP contribution is 2.50.